The topological polar surface area (TPSA) is 56.8 Å². The minimum Gasteiger partial charge on any atom is -0.497 e. The van der Waals surface area contributed by atoms with E-state index in [2.05, 4.69) is 5.32 Å². The number of anilines is 1. The van der Waals surface area contributed by atoms with Crippen molar-refractivity contribution in [3.05, 3.63) is 60.2 Å². The van der Waals surface area contributed by atoms with Gasteiger partial charge in [-0.25, -0.2) is 4.79 Å². The fourth-order valence-corrected chi connectivity index (χ4v) is 3.79. The first kappa shape index (κ1) is 20.2. The van der Waals surface area contributed by atoms with Crippen LogP contribution in [-0.4, -0.2) is 32.4 Å². The molecule has 5 heteroatoms. The van der Waals surface area contributed by atoms with Crippen molar-refractivity contribution in [1.82, 2.24) is 0 Å². The summed E-state index contributed by atoms with van der Waals surface area (Å²) in [6.07, 6.45) is 1.37. The van der Waals surface area contributed by atoms with Gasteiger partial charge in [-0.2, -0.15) is 0 Å². The second kappa shape index (κ2) is 9.11. The molecule has 1 aliphatic heterocycles. The molecule has 2 aromatic carbocycles. The molecule has 0 unspecified atom stereocenters. The maximum atomic E-state index is 13.6. The summed E-state index contributed by atoms with van der Waals surface area (Å²) in [5, 5.41) is 3.55. The SMILES string of the molecule is COc1ccc(N[C@](C(=O)OC(C)C)(c2ccccc2)C2CCOCC2)cc1. The van der Waals surface area contributed by atoms with E-state index < -0.39 is 5.54 Å². The van der Waals surface area contributed by atoms with E-state index in [4.69, 9.17) is 14.2 Å². The number of hydrogen-bond donors (Lipinski definition) is 1. The molecular weight excluding hydrogens is 354 g/mol. The number of ether oxygens (including phenoxy) is 3. The molecule has 1 atom stereocenters. The highest BCUT2D eigenvalue weighted by Gasteiger charge is 2.49. The van der Waals surface area contributed by atoms with Gasteiger partial charge in [0.1, 0.15) is 5.75 Å². The summed E-state index contributed by atoms with van der Waals surface area (Å²) in [6.45, 7) is 5.03. The zero-order valence-electron chi connectivity index (χ0n) is 16.8. The zero-order valence-corrected chi connectivity index (χ0v) is 16.8. The van der Waals surface area contributed by atoms with E-state index in [-0.39, 0.29) is 18.0 Å². The van der Waals surface area contributed by atoms with Crippen LogP contribution in [0.2, 0.25) is 0 Å². The van der Waals surface area contributed by atoms with Crippen molar-refractivity contribution in [1.29, 1.82) is 0 Å². The Balaban J connectivity index is 2.08. The summed E-state index contributed by atoms with van der Waals surface area (Å²) < 4.78 is 16.6. The Labute approximate surface area is 167 Å². The van der Waals surface area contributed by atoms with Crippen LogP contribution >= 0.6 is 0 Å². The van der Waals surface area contributed by atoms with E-state index in [0.717, 1.165) is 29.8 Å². The summed E-state index contributed by atoms with van der Waals surface area (Å²) in [5.74, 6) is 0.570. The molecule has 5 nitrogen and oxygen atoms in total. The quantitative estimate of drug-likeness (QED) is 0.719. The molecule has 0 radical (unpaired) electrons. The van der Waals surface area contributed by atoms with Crippen molar-refractivity contribution in [3.63, 3.8) is 0 Å². The van der Waals surface area contributed by atoms with Gasteiger partial charge in [-0.1, -0.05) is 30.3 Å². The third-order valence-corrected chi connectivity index (χ3v) is 5.16. The number of carbonyl (C=O) groups is 1. The van der Waals surface area contributed by atoms with Gasteiger partial charge in [-0.15, -0.1) is 0 Å². The molecule has 150 valence electrons. The molecule has 0 aliphatic carbocycles. The van der Waals surface area contributed by atoms with E-state index in [1.807, 2.05) is 68.4 Å². The van der Waals surface area contributed by atoms with Crippen molar-refractivity contribution in [3.8, 4) is 5.75 Å². The Hall–Kier alpha value is -2.53. The molecule has 0 bridgehead atoms. The Morgan fingerprint density at radius 2 is 1.71 bits per heavy atom. The van der Waals surface area contributed by atoms with Crippen LogP contribution in [0.3, 0.4) is 0 Å². The fraction of sp³-hybridized carbons (Fsp3) is 0.435. The molecule has 1 fully saturated rings. The van der Waals surface area contributed by atoms with Gasteiger partial charge >= 0.3 is 5.97 Å². The molecule has 0 saturated carbocycles. The molecule has 1 heterocycles. The van der Waals surface area contributed by atoms with Crippen LogP contribution in [0.1, 0.15) is 32.3 Å². The molecule has 1 N–H and O–H groups in total. The summed E-state index contributed by atoms with van der Waals surface area (Å²) in [5.41, 5.74) is 0.768. The zero-order chi connectivity index (χ0) is 20.0. The predicted molar refractivity (Wildman–Crippen MR) is 110 cm³/mol. The lowest BCUT2D eigenvalue weighted by molar-refractivity contribution is -0.157. The van der Waals surface area contributed by atoms with E-state index >= 15 is 0 Å². The summed E-state index contributed by atoms with van der Waals surface area (Å²) in [7, 11) is 1.64. The Bertz CT molecular complexity index is 754. The number of methoxy groups -OCH3 is 1. The smallest absolute Gasteiger partial charge is 0.337 e. The van der Waals surface area contributed by atoms with Gasteiger partial charge in [0.15, 0.2) is 5.54 Å². The molecule has 0 spiro atoms. The number of benzene rings is 2. The van der Waals surface area contributed by atoms with Crippen molar-refractivity contribution in [2.24, 2.45) is 5.92 Å². The standard InChI is InChI=1S/C23H29NO4/c1-17(2)28-22(25)23(18-7-5-4-6-8-18,19-13-15-27-16-14-19)24-20-9-11-21(26-3)12-10-20/h4-12,17,19,24H,13-16H2,1-3H3/t23-/m1/s1. The summed E-state index contributed by atoms with van der Waals surface area (Å²) in [6, 6.07) is 17.5. The number of rotatable bonds is 7. The van der Waals surface area contributed by atoms with E-state index in [0.29, 0.717) is 13.2 Å². The van der Waals surface area contributed by atoms with E-state index in [9.17, 15) is 4.79 Å². The highest BCUT2D eigenvalue weighted by molar-refractivity contribution is 5.87. The van der Waals surface area contributed by atoms with Crippen LogP contribution in [-0.2, 0) is 19.8 Å². The molecule has 3 rings (SSSR count). The highest BCUT2D eigenvalue weighted by Crippen LogP contribution is 2.41. The van der Waals surface area contributed by atoms with Crippen LogP contribution in [0.15, 0.2) is 54.6 Å². The maximum Gasteiger partial charge on any atom is 0.337 e. The number of nitrogens with one attached hydrogen (secondary N) is 1. The minimum atomic E-state index is -0.982. The molecule has 1 saturated heterocycles. The summed E-state index contributed by atoms with van der Waals surface area (Å²) >= 11 is 0. The normalized spacial score (nSPS) is 17.0. The highest BCUT2D eigenvalue weighted by atomic mass is 16.5. The van der Waals surface area contributed by atoms with Gasteiger partial charge in [0.2, 0.25) is 0 Å². The largest absolute Gasteiger partial charge is 0.497 e. The Kier molecular flexibility index (Phi) is 6.57. The number of carbonyl (C=O) groups excluding carboxylic acids is 1. The van der Waals surface area contributed by atoms with Crippen LogP contribution < -0.4 is 10.1 Å². The molecule has 0 aromatic heterocycles. The van der Waals surface area contributed by atoms with Crippen molar-refractivity contribution >= 4 is 11.7 Å². The van der Waals surface area contributed by atoms with Gasteiger partial charge in [0.25, 0.3) is 0 Å². The van der Waals surface area contributed by atoms with Crippen molar-refractivity contribution < 1.29 is 19.0 Å². The van der Waals surface area contributed by atoms with Gasteiger partial charge < -0.3 is 19.5 Å². The number of hydrogen-bond acceptors (Lipinski definition) is 5. The van der Waals surface area contributed by atoms with Crippen LogP contribution in [0, 0.1) is 5.92 Å². The van der Waals surface area contributed by atoms with Crippen molar-refractivity contribution in [2.45, 2.75) is 38.3 Å². The van der Waals surface area contributed by atoms with Crippen LogP contribution in [0.25, 0.3) is 0 Å². The molecular formula is C23H29NO4. The van der Waals surface area contributed by atoms with Gasteiger partial charge in [0.05, 0.1) is 13.2 Å². The average molecular weight is 383 g/mol. The second-order valence-corrected chi connectivity index (χ2v) is 7.37. The maximum absolute atomic E-state index is 13.6. The monoisotopic (exact) mass is 383 g/mol. The lowest BCUT2D eigenvalue weighted by Gasteiger charge is -2.42. The number of esters is 1. The third kappa shape index (κ3) is 4.30. The fourth-order valence-electron chi connectivity index (χ4n) is 3.79. The first-order chi connectivity index (χ1) is 13.6. The van der Waals surface area contributed by atoms with E-state index in [1.54, 1.807) is 7.11 Å². The molecule has 28 heavy (non-hydrogen) atoms. The first-order valence-corrected chi connectivity index (χ1v) is 9.83. The lowest BCUT2D eigenvalue weighted by atomic mass is 9.73. The van der Waals surface area contributed by atoms with Gasteiger partial charge in [-0.3, -0.25) is 0 Å². The van der Waals surface area contributed by atoms with Crippen molar-refractivity contribution in [2.75, 3.05) is 25.6 Å². The lowest BCUT2D eigenvalue weighted by Crippen LogP contribution is -2.52. The van der Waals surface area contributed by atoms with Crippen LogP contribution in [0.4, 0.5) is 5.69 Å². The van der Waals surface area contributed by atoms with Gasteiger partial charge in [0, 0.05) is 24.8 Å². The Morgan fingerprint density at radius 1 is 1.07 bits per heavy atom. The average Bonchev–Trinajstić information content (AvgIpc) is 2.73. The second-order valence-electron chi connectivity index (χ2n) is 7.37. The summed E-state index contributed by atoms with van der Waals surface area (Å²) in [4.78, 5) is 13.6. The molecule has 1 aliphatic rings. The predicted octanol–water partition coefficient (Wildman–Crippen LogP) is 4.38. The first-order valence-electron chi connectivity index (χ1n) is 9.83. The minimum absolute atomic E-state index is 0.0528. The van der Waals surface area contributed by atoms with Crippen LogP contribution in [0.5, 0.6) is 5.75 Å². The third-order valence-electron chi connectivity index (χ3n) is 5.16. The Morgan fingerprint density at radius 3 is 2.29 bits per heavy atom. The van der Waals surface area contributed by atoms with Gasteiger partial charge in [-0.05, 0) is 56.5 Å². The van der Waals surface area contributed by atoms with E-state index in [1.165, 1.54) is 0 Å². The molecule has 2 aromatic rings. The molecule has 0 amide bonds.